The van der Waals surface area contributed by atoms with Crippen LogP contribution in [0.4, 0.5) is 0 Å². The molecule has 2 rings (SSSR count). The van der Waals surface area contributed by atoms with E-state index in [0.717, 1.165) is 11.1 Å². The van der Waals surface area contributed by atoms with Crippen molar-refractivity contribution in [1.29, 1.82) is 0 Å². The summed E-state index contributed by atoms with van der Waals surface area (Å²) in [7, 11) is -2.20. The van der Waals surface area contributed by atoms with Gasteiger partial charge in [-0.3, -0.25) is 4.79 Å². The lowest BCUT2D eigenvalue weighted by Crippen LogP contribution is -2.46. The third kappa shape index (κ3) is 5.06. The van der Waals surface area contributed by atoms with Crippen molar-refractivity contribution >= 4 is 15.9 Å². The van der Waals surface area contributed by atoms with Gasteiger partial charge in [0.25, 0.3) is 0 Å². The van der Waals surface area contributed by atoms with Gasteiger partial charge in [-0.1, -0.05) is 42.8 Å². The summed E-state index contributed by atoms with van der Waals surface area (Å²) in [4.78, 5) is 12.6. The van der Waals surface area contributed by atoms with Crippen LogP contribution in [0.15, 0.2) is 53.4 Å². The minimum Gasteiger partial charge on any atom is -0.496 e. The van der Waals surface area contributed by atoms with Crippen molar-refractivity contribution < 1.29 is 17.9 Å². The van der Waals surface area contributed by atoms with Crippen LogP contribution >= 0.6 is 0 Å². The van der Waals surface area contributed by atoms with Crippen LogP contribution in [0, 0.1) is 6.92 Å². The SMILES string of the molecule is CCC(NS(=O)(=O)c1ccc(C)cc1)C(=O)NCc1ccccc1OC. The van der Waals surface area contributed by atoms with Gasteiger partial charge in [-0.05, 0) is 31.5 Å². The number of nitrogens with one attached hydrogen (secondary N) is 2. The van der Waals surface area contributed by atoms with E-state index in [0.29, 0.717) is 12.2 Å². The summed E-state index contributed by atoms with van der Waals surface area (Å²) in [5.41, 5.74) is 1.78. The van der Waals surface area contributed by atoms with Crippen molar-refractivity contribution in [2.24, 2.45) is 0 Å². The second kappa shape index (κ2) is 8.82. The van der Waals surface area contributed by atoms with Gasteiger partial charge in [0, 0.05) is 12.1 Å². The first-order valence-corrected chi connectivity index (χ1v) is 9.84. The van der Waals surface area contributed by atoms with Crippen molar-refractivity contribution in [3.05, 3.63) is 59.7 Å². The predicted octanol–water partition coefficient (Wildman–Crippen LogP) is 2.38. The van der Waals surface area contributed by atoms with E-state index in [9.17, 15) is 13.2 Å². The summed E-state index contributed by atoms with van der Waals surface area (Å²) in [6.45, 7) is 3.89. The number of methoxy groups -OCH3 is 1. The Morgan fingerprint density at radius 1 is 1.12 bits per heavy atom. The van der Waals surface area contributed by atoms with Crippen LogP contribution in [0.1, 0.15) is 24.5 Å². The molecule has 2 N–H and O–H groups in total. The van der Waals surface area contributed by atoms with Gasteiger partial charge < -0.3 is 10.1 Å². The Morgan fingerprint density at radius 3 is 2.38 bits per heavy atom. The number of rotatable bonds is 8. The minimum absolute atomic E-state index is 0.138. The van der Waals surface area contributed by atoms with Crippen molar-refractivity contribution in [3.8, 4) is 5.75 Å². The van der Waals surface area contributed by atoms with Crippen LogP contribution in [0.3, 0.4) is 0 Å². The average molecular weight is 376 g/mol. The Hall–Kier alpha value is -2.38. The molecule has 7 heteroatoms. The molecule has 1 amide bonds. The van der Waals surface area contributed by atoms with Gasteiger partial charge in [-0.2, -0.15) is 4.72 Å². The summed E-state index contributed by atoms with van der Waals surface area (Å²) >= 11 is 0. The molecule has 0 heterocycles. The van der Waals surface area contributed by atoms with Crippen LogP contribution in [-0.2, 0) is 21.4 Å². The number of para-hydroxylation sites is 1. The number of ether oxygens (including phenoxy) is 1. The first-order chi connectivity index (χ1) is 12.4. The standard InChI is InChI=1S/C19H24N2O4S/c1-4-17(21-26(23,24)16-11-9-14(2)10-12-16)19(22)20-13-15-7-5-6-8-18(15)25-3/h5-12,17,21H,4,13H2,1-3H3,(H,20,22). The van der Waals surface area contributed by atoms with Gasteiger partial charge in [0.15, 0.2) is 0 Å². The maximum absolute atomic E-state index is 12.5. The molecule has 0 radical (unpaired) electrons. The first-order valence-electron chi connectivity index (χ1n) is 8.36. The fourth-order valence-corrected chi connectivity index (χ4v) is 3.73. The predicted molar refractivity (Wildman–Crippen MR) is 100 cm³/mol. The van der Waals surface area contributed by atoms with E-state index >= 15 is 0 Å². The normalized spacial score (nSPS) is 12.4. The van der Waals surface area contributed by atoms with Crippen molar-refractivity contribution in [1.82, 2.24) is 10.0 Å². The zero-order valence-electron chi connectivity index (χ0n) is 15.2. The van der Waals surface area contributed by atoms with Gasteiger partial charge >= 0.3 is 0 Å². The molecule has 2 aromatic rings. The number of sulfonamides is 1. The molecule has 0 saturated heterocycles. The van der Waals surface area contributed by atoms with E-state index in [2.05, 4.69) is 10.0 Å². The van der Waals surface area contributed by atoms with Crippen LogP contribution in [0.25, 0.3) is 0 Å². The molecule has 0 saturated carbocycles. The van der Waals surface area contributed by atoms with E-state index in [4.69, 9.17) is 4.74 Å². The Labute approximate surface area is 154 Å². The average Bonchev–Trinajstić information content (AvgIpc) is 2.64. The van der Waals surface area contributed by atoms with Crippen LogP contribution in [-0.4, -0.2) is 27.5 Å². The molecule has 2 aromatic carbocycles. The van der Waals surface area contributed by atoms with Crippen LogP contribution in [0.5, 0.6) is 5.75 Å². The topological polar surface area (TPSA) is 84.5 Å². The molecule has 0 spiro atoms. The molecule has 1 atom stereocenters. The fourth-order valence-electron chi connectivity index (χ4n) is 2.45. The lowest BCUT2D eigenvalue weighted by molar-refractivity contribution is -0.122. The van der Waals surface area contributed by atoms with Gasteiger partial charge in [-0.15, -0.1) is 0 Å². The number of benzene rings is 2. The second-order valence-electron chi connectivity index (χ2n) is 5.92. The minimum atomic E-state index is -3.76. The van der Waals surface area contributed by atoms with E-state index in [1.807, 2.05) is 25.1 Å². The quantitative estimate of drug-likeness (QED) is 0.741. The summed E-state index contributed by atoms with van der Waals surface area (Å²) in [5.74, 6) is 0.287. The molecule has 0 aliphatic heterocycles. The molecule has 6 nitrogen and oxygen atoms in total. The number of hydrogen-bond donors (Lipinski definition) is 2. The number of amides is 1. The zero-order chi connectivity index (χ0) is 19.2. The summed E-state index contributed by atoms with van der Waals surface area (Å²) in [5, 5.41) is 2.76. The van der Waals surface area contributed by atoms with Crippen molar-refractivity contribution in [2.45, 2.75) is 37.8 Å². The van der Waals surface area contributed by atoms with Crippen molar-refractivity contribution in [3.63, 3.8) is 0 Å². The number of aryl methyl sites for hydroxylation is 1. The molecular formula is C19H24N2O4S. The lowest BCUT2D eigenvalue weighted by Gasteiger charge is -2.17. The maximum Gasteiger partial charge on any atom is 0.241 e. The Kier molecular flexibility index (Phi) is 6.76. The van der Waals surface area contributed by atoms with Gasteiger partial charge in [-0.25, -0.2) is 8.42 Å². The fraction of sp³-hybridized carbons (Fsp3) is 0.316. The zero-order valence-corrected chi connectivity index (χ0v) is 16.0. The van der Waals surface area contributed by atoms with Gasteiger partial charge in [0.1, 0.15) is 11.8 Å². The van der Waals surface area contributed by atoms with Gasteiger partial charge in [0.2, 0.25) is 15.9 Å². The van der Waals surface area contributed by atoms with Crippen LogP contribution < -0.4 is 14.8 Å². The summed E-state index contributed by atoms with van der Waals surface area (Å²) in [6.07, 6.45) is 0.336. The lowest BCUT2D eigenvalue weighted by atomic mass is 10.2. The summed E-state index contributed by atoms with van der Waals surface area (Å²) < 4.78 is 32.7. The van der Waals surface area contributed by atoms with Crippen molar-refractivity contribution in [2.75, 3.05) is 7.11 Å². The van der Waals surface area contributed by atoms with E-state index in [-0.39, 0.29) is 17.3 Å². The molecule has 0 aliphatic rings. The Balaban J connectivity index is 2.05. The van der Waals surface area contributed by atoms with E-state index in [1.54, 1.807) is 32.2 Å². The Bertz CT molecular complexity index is 848. The smallest absolute Gasteiger partial charge is 0.241 e. The monoisotopic (exact) mass is 376 g/mol. The highest BCUT2D eigenvalue weighted by molar-refractivity contribution is 7.89. The summed E-state index contributed by atoms with van der Waals surface area (Å²) in [6, 6.07) is 13.0. The molecule has 0 bridgehead atoms. The third-order valence-electron chi connectivity index (χ3n) is 4.00. The molecular weight excluding hydrogens is 352 g/mol. The first kappa shape index (κ1) is 19.9. The second-order valence-corrected chi connectivity index (χ2v) is 7.64. The molecule has 140 valence electrons. The number of carbonyl (C=O) groups excluding carboxylic acids is 1. The highest BCUT2D eigenvalue weighted by Crippen LogP contribution is 2.17. The molecule has 26 heavy (non-hydrogen) atoms. The Morgan fingerprint density at radius 2 is 1.77 bits per heavy atom. The molecule has 0 aromatic heterocycles. The maximum atomic E-state index is 12.5. The van der Waals surface area contributed by atoms with E-state index in [1.165, 1.54) is 12.1 Å². The highest BCUT2D eigenvalue weighted by Gasteiger charge is 2.24. The van der Waals surface area contributed by atoms with Crippen LogP contribution in [0.2, 0.25) is 0 Å². The number of hydrogen-bond acceptors (Lipinski definition) is 4. The number of carbonyl (C=O) groups is 1. The largest absolute Gasteiger partial charge is 0.496 e. The third-order valence-corrected chi connectivity index (χ3v) is 5.49. The molecule has 0 aliphatic carbocycles. The van der Waals surface area contributed by atoms with Gasteiger partial charge in [0.05, 0.1) is 12.0 Å². The van der Waals surface area contributed by atoms with E-state index < -0.39 is 16.1 Å². The molecule has 1 unspecified atom stereocenters. The highest BCUT2D eigenvalue weighted by atomic mass is 32.2. The molecule has 0 fully saturated rings.